The molecule has 4 rings (SSSR count). The molecule has 2 N–H and O–H groups in total. The molecule has 1 amide bonds. The minimum Gasteiger partial charge on any atom is -0.309 e. The first-order chi connectivity index (χ1) is 14.1. The van der Waals surface area contributed by atoms with Gasteiger partial charge in [-0.25, -0.2) is 14.3 Å². The molecule has 4 aromatic rings. The standard InChI is InChI=1S/C22H18N4O3/c27-20(25-19-12-6-7-13-23-19)18(14-15-8-2-1-3-9-15)26-21(28)16-10-4-5-11-17(16)24-22(26)29/h1-13,18H,14H2,(H,24,29)(H,23,25,27). The summed E-state index contributed by atoms with van der Waals surface area (Å²) in [6.07, 6.45) is 1.73. The Morgan fingerprint density at radius 2 is 1.69 bits per heavy atom. The first-order valence-corrected chi connectivity index (χ1v) is 9.13. The van der Waals surface area contributed by atoms with Gasteiger partial charge in [-0.3, -0.25) is 9.59 Å². The van der Waals surface area contributed by atoms with E-state index in [1.807, 2.05) is 30.3 Å². The number of carbonyl (C=O) groups excluding carboxylic acids is 1. The van der Waals surface area contributed by atoms with Gasteiger partial charge < -0.3 is 10.3 Å². The van der Waals surface area contributed by atoms with Crippen LogP contribution in [0.4, 0.5) is 5.82 Å². The number of nitrogens with one attached hydrogen (secondary N) is 2. The monoisotopic (exact) mass is 386 g/mol. The number of anilines is 1. The Morgan fingerprint density at radius 1 is 0.966 bits per heavy atom. The summed E-state index contributed by atoms with van der Waals surface area (Å²) in [5, 5.41) is 3.04. The van der Waals surface area contributed by atoms with Crippen molar-refractivity contribution < 1.29 is 4.79 Å². The Hall–Kier alpha value is -4.00. The minimum atomic E-state index is -1.04. The number of H-pyrrole nitrogens is 1. The number of rotatable bonds is 5. The van der Waals surface area contributed by atoms with E-state index in [9.17, 15) is 14.4 Å². The average Bonchev–Trinajstić information content (AvgIpc) is 2.74. The minimum absolute atomic E-state index is 0.181. The summed E-state index contributed by atoms with van der Waals surface area (Å²) in [6.45, 7) is 0. The molecule has 0 aliphatic heterocycles. The van der Waals surface area contributed by atoms with Crippen LogP contribution in [0.1, 0.15) is 11.6 Å². The summed E-state index contributed by atoms with van der Waals surface area (Å²) in [5.74, 6) is -0.142. The van der Waals surface area contributed by atoms with Gasteiger partial charge in [0.05, 0.1) is 10.9 Å². The molecule has 1 unspecified atom stereocenters. The second-order valence-corrected chi connectivity index (χ2v) is 6.56. The van der Waals surface area contributed by atoms with E-state index in [1.54, 1.807) is 48.7 Å². The van der Waals surface area contributed by atoms with Gasteiger partial charge in [-0.15, -0.1) is 0 Å². The van der Waals surface area contributed by atoms with Crippen molar-refractivity contribution in [3.8, 4) is 0 Å². The van der Waals surface area contributed by atoms with Crippen molar-refractivity contribution in [1.29, 1.82) is 0 Å². The smallest absolute Gasteiger partial charge is 0.309 e. The van der Waals surface area contributed by atoms with E-state index in [-0.39, 0.29) is 6.42 Å². The topological polar surface area (TPSA) is 96.8 Å². The lowest BCUT2D eigenvalue weighted by atomic mass is 10.0. The molecule has 29 heavy (non-hydrogen) atoms. The van der Waals surface area contributed by atoms with Crippen LogP contribution in [0.15, 0.2) is 88.6 Å². The molecule has 0 saturated carbocycles. The van der Waals surface area contributed by atoms with Crippen LogP contribution in [-0.4, -0.2) is 20.4 Å². The summed E-state index contributed by atoms with van der Waals surface area (Å²) in [5.41, 5.74) is 0.114. The van der Waals surface area contributed by atoms with Crippen LogP contribution in [0.5, 0.6) is 0 Å². The zero-order valence-electron chi connectivity index (χ0n) is 15.4. The molecule has 0 aliphatic rings. The Balaban J connectivity index is 1.82. The molecular formula is C22H18N4O3. The number of nitrogens with zero attached hydrogens (tertiary/aromatic N) is 2. The van der Waals surface area contributed by atoms with Crippen LogP contribution in [0.2, 0.25) is 0 Å². The van der Waals surface area contributed by atoms with Gasteiger partial charge >= 0.3 is 5.69 Å². The molecule has 0 saturated heterocycles. The van der Waals surface area contributed by atoms with Gasteiger partial charge in [0.1, 0.15) is 11.9 Å². The maximum atomic E-state index is 13.1. The van der Waals surface area contributed by atoms with Crippen LogP contribution in [0.3, 0.4) is 0 Å². The highest BCUT2D eigenvalue weighted by Gasteiger charge is 2.25. The maximum Gasteiger partial charge on any atom is 0.329 e. The predicted molar refractivity (Wildman–Crippen MR) is 111 cm³/mol. The van der Waals surface area contributed by atoms with Crippen LogP contribution < -0.4 is 16.6 Å². The molecule has 144 valence electrons. The third-order valence-corrected chi connectivity index (χ3v) is 4.64. The first kappa shape index (κ1) is 18.4. The van der Waals surface area contributed by atoms with Crippen LogP contribution >= 0.6 is 0 Å². The number of para-hydroxylation sites is 1. The molecule has 2 aromatic carbocycles. The number of aromatic amines is 1. The van der Waals surface area contributed by atoms with Gasteiger partial charge in [0.2, 0.25) is 5.91 Å². The first-order valence-electron chi connectivity index (χ1n) is 9.13. The van der Waals surface area contributed by atoms with Crippen molar-refractivity contribution in [2.45, 2.75) is 12.5 Å². The molecule has 1 atom stereocenters. The zero-order chi connectivity index (χ0) is 20.2. The summed E-state index contributed by atoms with van der Waals surface area (Å²) in [4.78, 5) is 45.7. The second-order valence-electron chi connectivity index (χ2n) is 6.56. The van der Waals surface area contributed by atoms with Gasteiger partial charge in [0.25, 0.3) is 5.56 Å². The Morgan fingerprint density at radius 3 is 2.45 bits per heavy atom. The fraction of sp³-hybridized carbons (Fsp3) is 0.0909. The van der Waals surface area contributed by atoms with E-state index in [2.05, 4.69) is 15.3 Å². The molecule has 0 bridgehead atoms. The van der Waals surface area contributed by atoms with Gasteiger partial charge in [-0.2, -0.15) is 0 Å². The summed E-state index contributed by atoms with van der Waals surface area (Å²) >= 11 is 0. The van der Waals surface area contributed by atoms with Crippen molar-refractivity contribution in [2.75, 3.05) is 5.32 Å². The van der Waals surface area contributed by atoms with Gasteiger partial charge in [0, 0.05) is 12.6 Å². The normalized spacial score (nSPS) is 11.9. The summed E-state index contributed by atoms with van der Waals surface area (Å²) < 4.78 is 0.980. The molecule has 7 nitrogen and oxygen atoms in total. The Kier molecular flexibility index (Phi) is 5.03. The Bertz CT molecular complexity index is 1260. The van der Waals surface area contributed by atoms with Crippen molar-refractivity contribution in [3.63, 3.8) is 0 Å². The van der Waals surface area contributed by atoms with E-state index in [4.69, 9.17) is 0 Å². The lowest BCUT2D eigenvalue weighted by Gasteiger charge is -2.19. The van der Waals surface area contributed by atoms with E-state index < -0.39 is 23.2 Å². The molecule has 2 heterocycles. The highest BCUT2D eigenvalue weighted by Crippen LogP contribution is 2.15. The van der Waals surface area contributed by atoms with Crippen molar-refractivity contribution in [3.05, 3.63) is 105 Å². The van der Waals surface area contributed by atoms with Crippen molar-refractivity contribution in [1.82, 2.24) is 14.5 Å². The van der Waals surface area contributed by atoms with E-state index in [1.165, 1.54) is 0 Å². The highest BCUT2D eigenvalue weighted by atomic mass is 16.2. The fourth-order valence-electron chi connectivity index (χ4n) is 3.24. The highest BCUT2D eigenvalue weighted by molar-refractivity contribution is 5.93. The van der Waals surface area contributed by atoms with Crippen LogP contribution in [-0.2, 0) is 11.2 Å². The third-order valence-electron chi connectivity index (χ3n) is 4.64. The summed E-state index contributed by atoms with van der Waals surface area (Å²) in [6, 6.07) is 20.1. The quantitative estimate of drug-likeness (QED) is 0.551. The average molecular weight is 386 g/mol. The fourth-order valence-corrected chi connectivity index (χ4v) is 3.24. The molecule has 7 heteroatoms. The van der Waals surface area contributed by atoms with Gasteiger partial charge in [0.15, 0.2) is 0 Å². The van der Waals surface area contributed by atoms with E-state index >= 15 is 0 Å². The zero-order valence-corrected chi connectivity index (χ0v) is 15.4. The molecule has 0 fully saturated rings. The number of fused-ring (bicyclic) bond motifs is 1. The summed E-state index contributed by atoms with van der Waals surface area (Å²) in [7, 11) is 0. The van der Waals surface area contributed by atoms with Crippen molar-refractivity contribution in [2.24, 2.45) is 0 Å². The molecular weight excluding hydrogens is 368 g/mol. The van der Waals surface area contributed by atoms with E-state index in [0.29, 0.717) is 16.7 Å². The number of hydrogen-bond acceptors (Lipinski definition) is 4. The van der Waals surface area contributed by atoms with E-state index in [0.717, 1.165) is 10.1 Å². The van der Waals surface area contributed by atoms with Crippen LogP contribution in [0, 0.1) is 0 Å². The molecule has 0 spiro atoms. The predicted octanol–water partition coefficient (Wildman–Crippen LogP) is 2.51. The molecule has 0 radical (unpaired) electrons. The number of benzene rings is 2. The largest absolute Gasteiger partial charge is 0.329 e. The van der Waals surface area contributed by atoms with Gasteiger partial charge in [-0.1, -0.05) is 48.5 Å². The molecule has 0 aliphatic carbocycles. The number of carbonyl (C=O) groups is 1. The van der Waals surface area contributed by atoms with Crippen LogP contribution in [0.25, 0.3) is 10.9 Å². The number of hydrogen-bond donors (Lipinski definition) is 2. The number of pyridine rings is 1. The third kappa shape index (κ3) is 3.84. The molecule has 2 aromatic heterocycles. The lowest BCUT2D eigenvalue weighted by molar-refractivity contribution is -0.119. The number of aromatic nitrogens is 3. The van der Waals surface area contributed by atoms with Gasteiger partial charge in [-0.05, 0) is 29.8 Å². The lowest BCUT2D eigenvalue weighted by Crippen LogP contribution is -2.43. The Labute approximate surface area is 165 Å². The number of amides is 1. The SMILES string of the molecule is O=C(Nc1ccccn1)C(Cc1ccccc1)n1c(=O)[nH]c2ccccc2c1=O. The maximum absolute atomic E-state index is 13.1. The second kappa shape index (κ2) is 7.93. The van der Waals surface area contributed by atoms with Crippen molar-refractivity contribution >= 4 is 22.6 Å².